The zero-order chi connectivity index (χ0) is 15.0. The quantitative estimate of drug-likeness (QED) is 0.744. The van der Waals surface area contributed by atoms with Gasteiger partial charge in [-0.2, -0.15) is 0 Å². The molecule has 0 aliphatic heterocycles. The summed E-state index contributed by atoms with van der Waals surface area (Å²) >= 11 is 1.48. The topological polar surface area (TPSA) is 38.9 Å². The van der Waals surface area contributed by atoms with E-state index in [9.17, 15) is 13.2 Å². The van der Waals surface area contributed by atoms with Gasteiger partial charge in [0.2, 0.25) is 0 Å². The highest BCUT2D eigenvalue weighted by Crippen LogP contribution is 2.26. The van der Waals surface area contributed by atoms with Crippen molar-refractivity contribution in [2.75, 3.05) is 0 Å². The number of nitrogens with two attached hydrogens (primary N) is 1. The normalized spacial score (nSPS) is 12.8. The predicted octanol–water partition coefficient (Wildman–Crippen LogP) is 3.96. The van der Waals surface area contributed by atoms with E-state index in [1.165, 1.54) is 11.3 Å². The number of thiazole rings is 1. The number of halogens is 3. The fourth-order valence-electron chi connectivity index (χ4n) is 2.10. The summed E-state index contributed by atoms with van der Waals surface area (Å²) in [6.45, 7) is 0. The summed E-state index contributed by atoms with van der Waals surface area (Å²) in [7, 11) is 0. The van der Waals surface area contributed by atoms with Crippen molar-refractivity contribution in [3.05, 3.63) is 64.4 Å². The van der Waals surface area contributed by atoms with E-state index in [1.54, 1.807) is 0 Å². The van der Waals surface area contributed by atoms with Crippen LogP contribution in [-0.4, -0.2) is 4.98 Å². The van der Waals surface area contributed by atoms with Crippen LogP contribution in [0.15, 0.2) is 36.4 Å². The minimum atomic E-state index is -1.48. The van der Waals surface area contributed by atoms with Gasteiger partial charge in [-0.3, -0.25) is 0 Å². The first kappa shape index (κ1) is 14.0. The van der Waals surface area contributed by atoms with Crippen molar-refractivity contribution >= 4 is 21.6 Å². The molecule has 3 rings (SSSR count). The third-order valence-electron chi connectivity index (χ3n) is 3.17. The summed E-state index contributed by atoms with van der Waals surface area (Å²) in [5.41, 5.74) is 7.02. The highest BCUT2D eigenvalue weighted by atomic mass is 32.1. The highest BCUT2D eigenvalue weighted by Gasteiger charge is 2.16. The summed E-state index contributed by atoms with van der Waals surface area (Å²) in [5.74, 6) is -3.94. The lowest BCUT2D eigenvalue weighted by atomic mass is 10.0. The van der Waals surface area contributed by atoms with Crippen molar-refractivity contribution in [3.8, 4) is 0 Å². The van der Waals surface area contributed by atoms with Gasteiger partial charge in [0.25, 0.3) is 0 Å². The van der Waals surface area contributed by atoms with Crippen molar-refractivity contribution in [2.45, 2.75) is 12.5 Å². The van der Waals surface area contributed by atoms with Crippen molar-refractivity contribution in [1.82, 2.24) is 4.98 Å². The first-order valence-corrected chi connectivity index (χ1v) is 7.10. The second-order valence-corrected chi connectivity index (χ2v) is 5.80. The molecule has 0 saturated heterocycles. The van der Waals surface area contributed by atoms with Crippen LogP contribution in [0, 0.1) is 17.5 Å². The first-order chi connectivity index (χ1) is 10.0. The number of nitrogens with zero attached hydrogens (tertiary/aromatic N) is 1. The van der Waals surface area contributed by atoms with Gasteiger partial charge in [0.1, 0.15) is 0 Å². The van der Waals surface area contributed by atoms with Crippen LogP contribution in [0.1, 0.15) is 16.6 Å². The zero-order valence-electron chi connectivity index (χ0n) is 10.8. The van der Waals surface area contributed by atoms with Crippen molar-refractivity contribution < 1.29 is 13.2 Å². The molecular weight excluding hydrogens is 297 g/mol. The van der Waals surface area contributed by atoms with Gasteiger partial charge < -0.3 is 5.73 Å². The largest absolute Gasteiger partial charge is 0.324 e. The van der Waals surface area contributed by atoms with Crippen LogP contribution in [0.3, 0.4) is 0 Å². The second kappa shape index (κ2) is 5.46. The lowest BCUT2D eigenvalue weighted by Crippen LogP contribution is -2.14. The molecule has 0 bridgehead atoms. The number of rotatable bonds is 3. The monoisotopic (exact) mass is 308 g/mol. The number of hydrogen-bond acceptors (Lipinski definition) is 3. The molecule has 0 aliphatic rings. The van der Waals surface area contributed by atoms with Crippen LogP contribution >= 0.6 is 11.3 Å². The summed E-state index contributed by atoms with van der Waals surface area (Å²) in [5, 5.41) is 0.772. The molecule has 0 spiro atoms. The van der Waals surface area contributed by atoms with Crippen LogP contribution in [0.4, 0.5) is 13.2 Å². The summed E-state index contributed by atoms with van der Waals surface area (Å²) in [6.07, 6.45) is 0.337. The molecule has 21 heavy (non-hydrogen) atoms. The molecule has 6 heteroatoms. The Labute approximate surface area is 123 Å². The first-order valence-electron chi connectivity index (χ1n) is 6.29. The lowest BCUT2D eigenvalue weighted by molar-refractivity contribution is 0.443. The molecular formula is C15H11F3N2S. The second-order valence-electron chi connectivity index (χ2n) is 4.68. The fraction of sp³-hybridized carbons (Fsp3) is 0.133. The van der Waals surface area contributed by atoms with E-state index >= 15 is 0 Å². The number of fused-ring (bicyclic) bond motifs is 1. The summed E-state index contributed by atoms with van der Waals surface area (Å²) in [6, 6.07) is 8.84. The lowest BCUT2D eigenvalue weighted by Gasteiger charge is -2.11. The van der Waals surface area contributed by atoms with Gasteiger partial charge in [-0.15, -0.1) is 11.3 Å². The Bertz CT molecular complexity index is 744. The minimum absolute atomic E-state index is 0.214. The van der Waals surface area contributed by atoms with Crippen molar-refractivity contribution in [1.29, 1.82) is 0 Å². The maximum Gasteiger partial charge on any atom is 0.194 e. The molecule has 0 aliphatic carbocycles. The Balaban J connectivity index is 1.87. The van der Waals surface area contributed by atoms with E-state index in [0.717, 1.165) is 27.4 Å². The number of benzene rings is 2. The molecule has 1 aromatic heterocycles. The van der Waals surface area contributed by atoms with Gasteiger partial charge in [-0.25, -0.2) is 18.2 Å². The molecule has 1 heterocycles. The molecule has 1 unspecified atom stereocenters. The molecule has 2 nitrogen and oxygen atoms in total. The van der Waals surface area contributed by atoms with Gasteiger partial charge in [-0.05, 0) is 29.8 Å². The highest BCUT2D eigenvalue weighted by molar-refractivity contribution is 7.18. The molecule has 3 aromatic rings. The summed E-state index contributed by atoms with van der Waals surface area (Å²) in [4.78, 5) is 4.42. The maximum atomic E-state index is 13.2. The Hall–Kier alpha value is -1.92. The molecule has 0 fully saturated rings. The number of aromatic nitrogens is 1. The SMILES string of the molecule is NC(Cc1nc2ccccc2s1)c1cc(F)c(F)c(F)c1. The van der Waals surface area contributed by atoms with Crippen LogP contribution in [-0.2, 0) is 6.42 Å². The number of para-hydroxylation sites is 1. The Morgan fingerprint density at radius 3 is 2.43 bits per heavy atom. The van der Waals surface area contributed by atoms with E-state index in [-0.39, 0.29) is 5.56 Å². The Kier molecular flexibility index (Phi) is 3.65. The smallest absolute Gasteiger partial charge is 0.194 e. The molecule has 2 N–H and O–H groups in total. The molecule has 2 aromatic carbocycles. The molecule has 1 atom stereocenters. The molecule has 0 amide bonds. The summed E-state index contributed by atoms with van der Waals surface area (Å²) < 4.78 is 40.4. The molecule has 0 saturated carbocycles. The van der Waals surface area contributed by atoms with E-state index in [1.807, 2.05) is 24.3 Å². The average molecular weight is 308 g/mol. The van der Waals surface area contributed by atoms with Gasteiger partial charge in [0, 0.05) is 12.5 Å². The predicted molar refractivity (Wildman–Crippen MR) is 76.6 cm³/mol. The molecule has 108 valence electrons. The average Bonchev–Trinajstić information content (AvgIpc) is 2.86. The van der Waals surface area contributed by atoms with Crippen LogP contribution in [0.2, 0.25) is 0 Å². The number of hydrogen-bond donors (Lipinski definition) is 1. The van der Waals surface area contributed by atoms with Gasteiger partial charge >= 0.3 is 0 Å². The third-order valence-corrected chi connectivity index (χ3v) is 4.23. The Morgan fingerprint density at radius 1 is 1.10 bits per heavy atom. The van der Waals surface area contributed by atoms with E-state index < -0.39 is 23.5 Å². The van der Waals surface area contributed by atoms with Gasteiger partial charge in [0.15, 0.2) is 17.5 Å². The van der Waals surface area contributed by atoms with Gasteiger partial charge in [-0.1, -0.05) is 12.1 Å². The van der Waals surface area contributed by atoms with Gasteiger partial charge in [0.05, 0.1) is 15.2 Å². The fourth-order valence-corrected chi connectivity index (χ4v) is 3.13. The standard InChI is InChI=1S/C15H11F3N2S/c16-9-5-8(6-10(17)15(9)18)11(19)7-14-20-12-3-1-2-4-13(12)21-14/h1-6,11H,7,19H2. The maximum absolute atomic E-state index is 13.2. The van der Waals surface area contributed by atoms with E-state index in [4.69, 9.17) is 5.73 Å². The van der Waals surface area contributed by atoms with E-state index in [0.29, 0.717) is 6.42 Å². The van der Waals surface area contributed by atoms with Crippen LogP contribution in [0.5, 0.6) is 0 Å². The zero-order valence-corrected chi connectivity index (χ0v) is 11.6. The molecule has 0 radical (unpaired) electrons. The minimum Gasteiger partial charge on any atom is -0.324 e. The third kappa shape index (κ3) is 2.77. The Morgan fingerprint density at radius 2 is 1.76 bits per heavy atom. The van der Waals surface area contributed by atoms with Crippen molar-refractivity contribution in [3.63, 3.8) is 0 Å². The van der Waals surface area contributed by atoms with Crippen LogP contribution < -0.4 is 5.73 Å². The van der Waals surface area contributed by atoms with Crippen molar-refractivity contribution in [2.24, 2.45) is 5.73 Å². The van der Waals surface area contributed by atoms with E-state index in [2.05, 4.69) is 4.98 Å². The van der Waals surface area contributed by atoms with Crippen LogP contribution in [0.25, 0.3) is 10.2 Å².